The number of hydrogen-bond donors (Lipinski definition) is 0. The van der Waals surface area contributed by atoms with Crippen molar-refractivity contribution >= 4 is 16.1 Å². The lowest BCUT2D eigenvalue weighted by molar-refractivity contribution is -0.151. The van der Waals surface area contributed by atoms with E-state index in [0.717, 1.165) is 5.56 Å². The van der Waals surface area contributed by atoms with Crippen molar-refractivity contribution in [2.24, 2.45) is 0 Å². The molecule has 0 spiro atoms. The quantitative estimate of drug-likeness (QED) is 0.295. The second-order valence-corrected chi connectivity index (χ2v) is 8.63. The van der Waals surface area contributed by atoms with Gasteiger partial charge in [0.1, 0.15) is 11.5 Å². The van der Waals surface area contributed by atoms with E-state index in [2.05, 4.69) is 0 Å². The van der Waals surface area contributed by atoms with Gasteiger partial charge in [0.05, 0.1) is 11.5 Å². The summed E-state index contributed by atoms with van der Waals surface area (Å²) in [7, 11) is -4.16. The molecule has 0 aliphatic rings. The van der Waals surface area contributed by atoms with Gasteiger partial charge in [-0.3, -0.25) is 4.18 Å². The molecule has 3 aromatic carbocycles. The molecule has 0 amide bonds. The number of carbonyl (C=O) groups is 1. The number of benzene rings is 3. The number of para-hydroxylation sites is 1. The van der Waals surface area contributed by atoms with Crippen LogP contribution in [0, 0.1) is 0 Å². The Morgan fingerprint density at radius 3 is 2.06 bits per heavy atom. The van der Waals surface area contributed by atoms with Crippen molar-refractivity contribution in [3.63, 3.8) is 0 Å². The molecule has 32 heavy (non-hydrogen) atoms. The van der Waals surface area contributed by atoms with Crippen LogP contribution in [-0.4, -0.2) is 27.1 Å². The van der Waals surface area contributed by atoms with E-state index < -0.39 is 22.2 Å². The Morgan fingerprint density at radius 2 is 1.44 bits per heavy atom. The van der Waals surface area contributed by atoms with Crippen molar-refractivity contribution in [1.29, 1.82) is 0 Å². The first-order valence-corrected chi connectivity index (χ1v) is 11.9. The molecule has 0 saturated carbocycles. The summed E-state index contributed by atoms with van der Waals surface area (Å²) < 4.78 is 41.6. The van der Waals surface area contributed by atoms with Gasteiger partial charge >= 0.3 is 5.97 Å². The molecule has 0 aliphatic carbocycles. The van der Waals surface area contributed by atoms with Crippen LogP contribution in [-0.2, 0) is 30.3 Å². The van der Waals surface area contributed by atoms with Gasteiger partial charge < -0.3 is 9.47 Å². The zero-order chi connectivity index (χ0) is 22.8. The number of hydrogen-bond acceptors (Lipinski definition) is 6. The fourth-order valence-electron chi connectivity index (χ4n) is 3.08. The topological polar surface area (TPSA) is 78.9 Å². The minimum Gasteiger partial charge on any atom is -0.464 e. The summed E-state index contributed by atoms with van der Waals surface area (Å²) in [4.78, 5) is 12.3. The van der Waals surface area contributed by atoms with Gasteiger partial charge in [-0.1, -0.05) is 48.5 Å². The van der Waals surface area contributed by atoms with Gasteiger partial charge in [-0.05, 0) is 68.1 Å². The minimum absolute atomic E-state index is 0.0599. The van der Waals surface area contributed by atoms with Crippen LogP contribution in [0.1, 0.15) is 25.3 Å². The highest BCUT2D eigenvalue weighted by atomic mass is 32.2. The number of aryl methyl sites for hydroxylation is 1. The highest BCUT2D eigenvalue weighted by Gasteiger charge is 2.28. The largest absolute Gasteiger partial charge is 0.464 e. The molecule has 3 aromatic rings. The van der Waals surface area contributed by atoms with Crippen LogP contribution in [0.15, 0.2) is 89.8 Å². The standard InChI is InChI=1S/C25H26O6S/c1-2-29-25(26)24(15-9-12-20-10-5-3-6-11-20)31-32(27,28)23-18-16-22(17-19-23)30-21-13-7-4-8-14-21/h3-8,10-11,13-14,16-19,24H,2,9,12,15H2,1H3/t24-/m1/s1. The Balaban J connectivity index is 1.66. The fourth-order valence-corrected chi connectivity index (χ4v) is 4.15. The highest BCUT2D eigenvalue weighted by molar-refractivity contribution is 7.86. The minimum atomic E-state index is -4.16. The number of rotatable bonds is 11. The fraction of sp³-hybridized carbons (Fsp3) is 0.240. The van der Waals surface area contributed by atoms with E-state index in [1.807, 2.05) is 48.5 Å². The third kappa shape index (κ3) is 6.93. The molecule has 0 N–H and O–H groups in total. The lowest BCUT2D eigenvalue weighted by Crippen LogP contribution is -2.29. The second kappa shape index (κ2) is 11.5. The average molecular weight is 455 g/mol. The van der Waals surface area contributed by atoms with Gasteiger partial charge in [-0.15, -0.1) is 0 Å². The van der Waals surface area contributed by atoms with Crippen molar-refractivity contribution in [3.8, 4) is 11.5 Å². The summed E-state index contributed by atoms with van der Waals surface area (Å²) in [6.07, 6.45) is 0.296. The van der Waals surface area contributed by atoms with Gasteiger partial charge in [0.25, 0.3) is 10.1 Å². The van der Waals surface area contributed by atoms with E-state index in [1.165, 1.54) is 24.3 Å². The van der Waals surface area contributed by atoms with Crippen molar-refractivity contribution in [2.45, 2.75) is 37.2 Å². The van der Waals surface area contributed by atoms with Gasteiger partial charge in [0, 0.05) is 0 Å². The smallest absolute Gasteiger partial charge is 0.336 e. The molecule has 1 atom stereocenters. The Morgan fingerprint density at radius 1 is 0.844 bits per heavy atom. The second-order valence-electron chi connectivity index (χ2n) is 7.06. The van der Waals surface area contributed by atoms with Crippen LogP contribution in [0.25, 0.3) is 0 Å². The molecule has 0 fully saturated rings. The summed E-state index contributed by atoms with van der Waals surface area (Å²) in [5.74, 6) is 0.438. The monoisotopic (exact) mass is 454 g/mol. The predicted octanol–water partition coefficient (Wildman–Crippen LogP) is 5.14. The molecular weight excluding hydrogens is 428 g/mol. The molecule has 168 valence electrons. The SMILES string of the molecule is CCOC(=O)[C@@H](CCCc1ccccc1)OS(=O)(=O)c1ccc(Oc2ccccc2)cc1. The van der Waals surface area contributed by atoms with Gasteiger partial charge in [0.15, 0.2) is 6.10 Å². The van der Waals surface area contributed by atoms with Crippen LogP contribution in [0.5, 0.6) is 11.5 Å². The van der Waals surface area contributed by atoms with Crippen LogP contribution in [0.3, 0.4) is 0 Å². The normalized spacial score (nSPS) is 12.2. The molecule has 0 unspecified atom stereocenters. The van der Waals surface area contributed by atoms with Crippen LogP contribution in [0.2, 0.25) is 0 Å². The van der Waals surface area contributed by atoms with Crippen molar-refractivity contribution < 1.29 is 26.9 Å². The molecule has 6 nitrogen and oxygen atoms in total. The molecule has 0 aromatic heterocycles. The van der Waals surface area contributed by atoms with Crippen LogP contribution >= 0.6 is 0 Å². The first-order valence-electron chi connectivity index (χ1n) is 10.4. The van der Waals surface area contributed by atoms with Crippen molar-refractivity contribution in [1.82, 2.24) is 0 Å². The summed E-state index contributed by atoms with van der Waals surface area (Å²) in [6, 6.07) is 24.8. The third-order valence-corrected chi connectivity index (χ3v) is 5.99. The Labute approximate surface area is 188 Å². The first-order chi connectivity index (χ1) is 15.5. The zero-order valence-corrected chi connectivity index (χ0v) is 18.7. The van der Waals surface area contributed by atoms with E-state index in [0.29, 0.717) is 24.3 Å². The maximum Gasteiger partial charge on any atom is 0.336 e. The van der Waals surface area contributed by atoms with E-state index in [1.54, 1.807) is 19.1 Å². The lowest BCUT2D eigenvalue weighted by Gasteiger charge is -2.16. The van der Waals surface area contributed by atoms with Gasteiger partial charge in [-0.2, -0.15) is 8.42 Å². The molecule has 0 bridgehead atoms. The molecular formula is C25H26O6S. The third-order valence-electron chi connectivity index (χ3n) is 4.66. The van der Waals surface area contributed by atoms with Crippen LogP contribution < -0.4 is 4.74 Å². The van der Waals surface area contributed by atoms with E-state index in [9.17, 15) is 13.2 Å². The zero-order valence-electron chi connectivity index (χ0n) is 17.8. The van der Waals surface area contributed by atoms with Crippen molar-refractivity contribution in [2.75, 3.05) is 6.61 Å². The summed E-state index contributed by atoms with van der Waals surface area (Å²) in [5.41, 5.74) is 1.10. The highest BCUT2D eigenvalue weighted by Crippen LogP contribution is 2.24. The lowest BCUT2D eigenvalue weighted by atomic mass is 10.1. The van der Waals surface area contributed by atoms with E-state index in [-0.39, 0.29) is 17.9 Å². The summed E-state index contributed by atoms with van der Waals surface area (Å²) in [6.45, 7) is 1.81. The average Bonchev–Trinajstić information content (AvgIpc) is 2.80. The first kappa shape index (κ1) is 23.5. The number of esters is 1. The summed E-state index contributed by atoms with van der Waals surface area (Å²) in [5, 5.41) is 0. The van der Waals surface area contributed by atoms with Crippen LogP contribution in [0.4, 0.5) is 0 Å². The summed E-state index contributed by atoms with van der Waals surface area (Å²) >= 11 is 0. The van der Waals surface area contributed by atoms with E-state index >= 15 is 0 Å². The Kier molecular flexibility index (Phi) is 8.41. The van der Waals surface area contributed by atoms with Gasteiger partial charge in [0.2, 0.25) is 0 Å². The number of carbonyl (C=O) groups excluding carboxylic acids is 1. The van der Waals surface area contributed by atoms with E-state index in [4.69, 9.17) is 13.7 Å². The Hall–Kier alpha value is -3.16. The maximum atomic E-state index is 12.8. The Bertz CT molecular complexity index is 1080. The number of ether oxygens (including phenoxy) is 2. The molecule has 0 saturated heterocycles. The van der Waals surface area contributed by atoms with Gasteiger partial charge in [-0.25, -0.2) is 4.79 Å². The molecule has 3 rings (SSSR count). The molecule has 0 heterocycles. The van der Waals surface area contributed by atoms with Crippen molar-refractivity contribution in [3.05, 3.63) is 90.5 Å². The predicted molar refractivity (Wildman–Crippen MR) is 121 cm³/mol. The molecule has 0 aliphatic heterocycles. The molecule has 7 heteroatoms. The molecule has 0 radical (unpaired) electrons. The maximum absolute atomic E-state index is 12.8.